The summed E-state index contributed by atoms with van der Waals surface area (Å²) in [6.07, 6.45) is 3.83. The van der Waals surface area contributed by atoms with Gasteiger partial charge in [-0.1, -0.05) is 12.1 Å². The number of aromatic nitrogens is 2. The number of hydrogen-bond donors (Lipinski definition) is 0. The maximum absolute atomic E-state index is 4.26. The van der Waals surface area contributed by atoms with Gasteiger partial charge in [0.15, 0.2) is 0 Å². The van der Waals surface area contributed by atoms with Gasteiger partial charge in [-0.2, -0.15) is 0 Å². The lowest BCUT2D eigenvalue weighted by atomic mass is 10.0. The summed E-state index contributed by atoms with van der Waals surface area (Å²) in [6, 6.07) is 10.9. The van der Waals surface area contributed by atoms with Gasteiger partial charge >= 0.3 is 0 Å². The molecule has 2 aromatic carbocycles. The van der Waals surface area contributed by atoms with Gasteiger partial charge in [0, 0.05) is 41.1 Å². The van der Waals surface area contributed by atoms with Gasteiger partial charge < -0.3 is 4.57 Å². The Bertz CT molecular complexity index is 977. The van der Waals surface area contributed by atoms with E-state index in [2.05, 4.69) is 60.8 Å². The van der Waals surface area contributed by atoms with E-state index in [1.54, 1.807) is 0 Å². The number of benzene rings is 2. The number of hydrogen-bond acceptors (Lipinski definition) is 1. The summed E-state index contributed by atoms with van der Waals surface area (Å²) < 4.78 is 2.31. The molecule has 98 valence electrons. The van der Waals surface area contributed by atoms with Crippen molar-refractivity contribution in [3.8, 4) is 0 Å². The molecule has 0 atom stereocenters. The van der Waals surface area contributed by atoms with Crippen molar-refractivity contribution in [3.63, 3.8) is 0 Å². The highest BCUT2D eigenvalue weighted by Gasteiger charge is 2.13. The normalized spacial score (nSPS) is 11.8. The van der Waals surface area contributed by atoms with Crippen LogP contribution in [0, 0.1) is 13.8 Å². The Morgan fingerprint density at radius 1 is 1.05 bits per heavy atom. The van der Waals surface area contributed by atoms with Crippen LogP contribution in [0.5, 0.6) is 0 Å². The summed E-state index contributed by atoms with van der Waals surface area (Å²) in [5.41, 5.74) is 5.29. The van der Waals surface area contributed by atoms with E-state index in [0.717, 1.165) is 0 Å². The van der Waals surface area contributed by atoms with Crippen LogP contribution in [0.25, 0.3) is 32.6 Å². The van der Waals surface area contributed by atoms with E-state index in [-0.39, 0.29) is 0 Å². The fourth-order valence-electron chi connectivity index (χ4n) is 3.44. The van der Waals surface area contributed by atoms with Crippen LogP contribution in [-0.2, 0) is 7.05 Å². The highest BCUT2D eigenvalue weighted by Crippen LogP contribution is 2.35. The van der Waals surface area contributed by atoms with E-state index in [1.807, 2.05) is 12.4 Å². The van der Waals surface area contributed by atoms with Gasteiger partial charge in [-0.05, 0) is 48.6 Å². The summed E-state index contributed by atoms with van der Waals surface area (Å²) >= 11 is 0. The maximum Gasteiger partial charge on any atom is 0.0525 e. The molecule has 2 nitrogen and oxygen atoms in total. The topological polar surface area (TPSA) is 17.8 Å². The van der Waals surface area contributed by atoms with E-state index in [1.165, 1.54) is 43.7 Å². The van der Waals surface area contributed by atoms with Crippen LogP contribution in [-0.4, -0.2) is 9.55 Å². The lowest BCUT2D eigenvalue weighted by Gasteiger charge is -2.06. The number of fused-ring (bicyclic) bond motifs is 4. The molecule has 0 aliphatic rings. The Hall–Kier alpha value is -2.35. The molecule has 0 aliphatic carbocycles. The Morgan fingerprint density at radius 3 is 2.75 bits per heavy atom. The predicted molar refractivity (Wildman–Crippen MR) is 85.2 cm³/mol. The summed E-state index contributed by atoms with van der Waals surface area (Å²) in [5, 5.41) is 5.20. The highest BCUT2D eigenvalue weighted by atomic mass is 14.9. The first-order valence-corrected chi connectivity index (χ1v) is 6.89. The third-order valence-electron chi connectivity index (χ3n) is 4.38. The zero-order valence-electron chi connectivity index (χ0n) is 11.9. The van der Waals surface area contributed by atoms with Gasteiger partial charge in [0.2, 0.25) is 0 Å². The minimum Gasteiger partial charge on any atom is -0.343 e. The second kappa shape index (κ2) is 3.83. The van der Waals surface area contributed by atoms with E-state index in [9.17, 15) is 0 Å². The van der Waals surface area contributed by atoms with Crippen LogP contribution >= 0.6 is 0 Å². The molecule has 4 rings (SSSR count). The molecular weight excluding hydrogens is 244 g/mol. The SMILES string of the molecule is Cc1cccc2c1c1cc3cnccc3c(C)c1n2C. The van der Waals surface area contributed by atoms with Gasteiger partial charge in [-0.3, -0.25) is 4.98 Å². The standard InChI is InChI=1S/C18H16N2/c1-11-5-4-6-16-17(11)15-9-13-10-19-8-7-14(13)12(2)18(15)20(16)3/h4-10H,1-3H3. The number of aryl methyl sites for hydroxylation is 3. The smallest absolute Gasteiger partial charge is 0.0525 e. The largest absolute Gasteiger partial charge is 0.343 e. The third kappa shape index (κ3) is 1.31. The van der Waals surface area contributed by atoms with E-state index in [0.29, 0.717) is 0 Å². The van der Waals surface area contributed by atoms with Crippen LogP contribution in [0.2, 0.25) is 0 Å². The summed E-state index contributed by atoms with van der Waals surface area (Å²) in [4.78, 5) is 4.26. The summed E-state index contributed by atoms with van der Waals surface area (Å²) in [5.74, 6) is 0. The van der Waals surface area contributed by atoms with Crippen molar-refractivity contribution in [2.45, 2.75) is 13.8 Å². The minimum atomic E-state index is 1.22. The lowest BCUT2D eigenvalue weighted by molar-refractivity contribution is 1.01. The molecule has 0 N–H and O–H groups in total. The minimum absolute atomic E-state index is 1.22. The zero-order valence-corrected chi connectivity index (χ0v) is 11.9. The molecule has 2 heteroatoms. The first-order chi connectivity index (χ1) is 9.68. The molecule has 2 heterocycles. The summed E-state index contributed by atoms with van der Waals surface area (Å²) in [7, 11) is 2.16. The Kier molecular flexibility index (Phi) is 2.19. The predicted octanol–water partition coefficient (Wildman–Crippen LogP) is 4.50. The van der Waals surface area contributed by atoms with Crippen LogP contribution in [0.15, 0.2) is 42.7 Å². The van der Waals surface area contributed by atoms with Crippen molar-refractivity contribution in [2.24, 2.45) is 7.05 Å². The van der Waals surface area contributed by atoms with Crippen LogP contribution in [0.4, 0.5) is 0 Å². The van der Waals surface area contributed by atoms with E-state index < -0.39 is 0 Å². The van der Waals surface area contributed by atoms with Crippen molar-refractivity contribution >= 4 is 32.6 Å². The monoisotopic (exact) mass is 260 g/mol. The highest BCUT2D eigenvalue weighted by molar-refractivity contribution is 6.15. The zero-order chi connectivity index (χ0) is 13.9. The average Bonchev–Trinajstić information content (AvgIpc) is 2.74. The van der Waals surface area contributed by atoms with E-state index >= 15 is 0 Å². The Balaban J connectivity index is 2.39. The fourth-order valence-corrected chi connectivity index (χ4v) is 3.44. The first-order valence-electron chi connectivity index (χ1n) is 6.89. The molecule has 0 radical (unpaired) electrons. The lowest BCUT2D eigenvalue weighted by Crippen LogP contribution is -1.90. The van der Waals surface area contributed by atoms with Crippen molar-refractivity contribution in [2.75, 3.05) is 0 Å². The molecule has 4 aromatic rings. The number of rotatable bonds is 0. The molecule has 2 aromatic heterocycles. The van der Waals surface area contributed by atoms with E-state index in [4.69, 9.17) is 0 Å². The second-order valence-corrected chi connectivity index (χ2v) is 5.52. The number of nitrogens with zero attached hydrogens (tertiary/aromatic N) is 2. The Labute approximate surface area is 117 Å². The molecule has 0 saturated heterocycles. The van der Waals surface area contributed by atoms with Crippen molar-refractivity contribution in [1.82, 2.24) is 9.55 Å². The molecule has 0 fully saturated rings. The first kappa shape index (κ1) is 11.5. The third-order valence-corrected chi connectivity index (χ3v) is 4.38. The number of pyridine rings is 1. The van der Waals surface area contributed by atoms with Gasteiger partial charge in [0.1, 0.15) is 0 Å². The Morgan fingerprint density at radius 2 is 1.90 bits per heavy atom. The molecule has 0 bridgehead atoms. The molecule has 0 unspecified atom stereocenters. The molecular formula is C18H16N2. The average molecular weight is 260 g/mol. The molecule has 0 amide bonds. The van der Waals surface area contributed by atoms with Crippen molar-refractivity contribution in [3.05, 3.63) is 53.9 Å². The molecule has 20 heavy (non-hydrogen) atoms. The fraction of sp³-hybridized carbons (Fsp3) is 0.167. The van der Waals surface area contributed by atoms with Crippen molar-refractivity contribution < 1.29 is 0 Å². The van der Waals surface area contributed by atoms with Gasteiger partial charge in [0.05, 0.1) is 5.52 Å². The molecule has 0 saturated carbocycles. The van der Waals surface area contributed by atoms with Gasteiger partial charge in [-0.15, -0.1) is 0 Å². The molecule has 0 aliphatic heterocycles. The van der Waals surface area contributed by atoms with Crippen LogP contribution < -0.4 is 0 Å². The van der Waals surface area contributed by atoms with Crippen molar-refractivity contribution in [1.29, 1.82) is 0 Å². The van der Waals surface area contributed by atoms with Crippen LogP contribution in [0.3, 0.4) is 0 Å². The van der Waals surface area contributed by atoms with Gasteiger partial charge in [0.25, 0.3) is 0 Å². The quantitative estimate of drug-likeness (QED) is 0.455. The maximum atomic E-state index is 4.26. The summed E-state index contributed by atoms with van der Waals surface area (Å²) in [6.45, 7) is 4.39. The second-order valence-electron chi connectivity index (χ2n) is 5.52. The molecule has 0 spiro atoms. The van der Waals surface area contributed by atoms with Crippen LogP contribution in [0.1, 0.15) is 11.1 Å². The van der Waals surface area contributed by atoms with Gasteiger partial charge in [-0.25, -0.2) is 0 Å².